The Bertz CT molecular complexity index is 581. The van der Waals surface area contributed by atoms with Crippen molar-refractivity contribution in [3.05, 3.63) is 34.6 Å². The van der Waals surface area contributed by atoms with Gasteiger partial charge in [-0.15, -0.1) is 5.10 Å². The first-order valence-corrected chi connectivity index (χ1v) is 6.05. The number of amides is 1. The first-order chi connectivity index (χ1) is 8.54. The predicted molar refractivity (Wildman–Crippen MR) is 71.9 cm³/mol. The molecule has 7 heteroatoms. The molecule has 0 spiro atoms. The van der Waals surface area contributed by atoms with Crippen LogP contribution in [0.1, 0.15) is 5.56 Å². The standard InChI is InChI=1S/C11H12BrN5O/c1-7-2-3-8(12)9(4-7)15-10(18)5-17-6-14-11(13)16-17/h2-4,6H,5H2,1H3,(H2,13,16)(H,15,18). The van der Waals surface area contributed by atoms with Gasteiger partial charge in [-0.2, -0.15) is 0 Å². The van der Waals surface area contributed by atoms with Crippen LogP contribution in [-0.2, 0) is 11.3 Å². The maximum atomic E-state index is 11.8. The maximum absolute atomic E-state index is 11.8. The number of nitrogens with zero attached hydrogens (tertiary/aromatic N) is 3. The number of nitrogens with one attached hydrogen (secondary N) is 1. The van der Waals surface area contributed by atoms with Crippen LogP contribution in [0.3, 0.4) is 0 Å². The van der Waals surface area contributed by atoms with Crippen LogP contribution in [0.4, 0.5) is 11.6 Å². The molecular formula is C11H12BrN5O. The van der Waals surface area contributed by atoms with Crippen LogP contribution in [0.2, 0.25) is 0 Å². The van der Waals surface area contributed by atoms with Crippen LogP contribution in [-0.4, -0.2) is 20.7 Å². The third-order valence-corrected chi connectivity index (χ3v) is 2.95. The van der Waals surface area contributed by atoms with Gasteiger partial charge < -0.3 is 11.1 Å². The molecular weight excluding hydrogens is 298 g/mol. The zero-order valence-electron chi connectivity index (χ0n) is 9.72. The van der Waals surface area contributed by atoms with E-state index < -0.39 is 0 Å². The van der Waals surface area contributed by atoms with Crippen LogP contribution < -0.4 is 11.1 Å². The highest BCUT2D eigenvalue weighted by molar-refractivity contribution is 9.10. The Morgan fingerprint density at radius 3 is 3.00 bits per heavy atom. The first-order valence-electron chi connectivity index (χ1n) is 5.25. The van der Waals surface area contributed by atoms with Crippen LogP contribution in [0.25, 0.3) is 0 Å². The van der Waals surface area contributed by atoms with Crippen molar-refractivity contribution in [2.24, 2.45) is 0 Å². The van der Waals surface area contributed by atoms with Gasteiger partial charge in [0.1, 0.15) is 12.9 Å². The average Bonchev–Trinajstić information content (AvgIpc) is 2.69. The minimum atomic E-state index is -0.189. The number of carbonyl (C=O) groups excluding carboxylic acids is 1. The number of hydrogen-bond donors (Lipinski definition) is 2. The molecule has 0 unspecified atom stereocenters. The molecule has 1 heterocycles. The third kappa shape index (κ3) is 3.07. The molecule has 0 saturated heterocycles. The number of rotatable bonds is 3. The molecule has 0 aliphatic rings. The van der Waals surface area contributed by atoms with Gasteiger partial charge in [-0.05, 0) is 40.5 Å². The third-order valence-electron chi connectivity index (χ3n) is 2.26. The lowest BCUT2D eigenvalue weighted by molar-refractivity contribution is -0.116. The second-order valence-corrected chi connectivity index (χ2v) is 4.69. The van der Waals surface area contributed by atoms with Gasteiger partial charge in [-0.25, -0.2) is 9.67 Å². The highest BCUT2D eigenvalue weighted by Crippen LogP contribution is 2.23. The van der Waals surface area contributed by atoms with E-state index in [-0.39, 0.29) is 18.4 Å². The monoisotopic (exact) mass is 309 g/mol. The lowest BCUT2D eigenvalue weighted by Gasteiger charge is -2.08. The van der Waals surface area contributed by atoms with Crippen molar-refractivity contribution >= 4 is 33.5 Å². The largest absolute Gasteiger partial charge is 0.367 e. The zero-order valence-corrected chi connectivity index (χ0v) is 11.3. The van der Waals surface area contributed by atoms with Gasteiger partial charge in [-0.3, -0.25) is 4.79 Å². The van der Waals surface area contributed by atoms with Crippen LogP contribution in [0.15, 0.2) is 29.0 Å². The molecule has 18 heavy (non-hydrogen) atoms. The Balaban J connectivity index is 2.05. The lowest BCUT2D eigenvalue weighted by Crippen LogP contribution is -2.19. The fourth-order valence-electron chi connectivity index (χ4n) is 1.46. The summed E-state index contributed by atoms with van der Waals surface area (Å²) in [6.07, 6.45) is 1.42. The summed E-state index contributed by atoms with van der Waals surface area (Å²) >= 11 is 3.38. The van der Waals surface area contributed by atoms with E-state index >= 15 is 0 Å². The van der Waals surface area contributed by atoms with E-state index in [2.05, 4.69) is 31.3 Å². The van der Waals surface area contributed by atoms with Crippen molar-refractivity contribution in [2.45, 2.75) is 13.5 Å². The molecule has 0 fully saturated rings. The molecule has 0 radical (unpaired) electrons. The number of halogens is 1. The van der Waals surface area contributed by atoms with Gasteiger partial charge in [0.05, 0.1) is 5.69 Å². The van der Waals surface area contributed by atoms with E-state index in [9.17, 15) is 4.79 Å². The second-order valence-electron chi connectivity index (χ2n) is 3.83. The van der Waals surface area contributed by atoms with Gasteiger partial charge in [0.25, 0.3) is 0 Å². The van der Waals surface area contributed by atoms with Crippen molar-refractivity contribution < 1.29 is 4.79 Å². The minimum Gasteiger partial charge on any atom is -0.367 e. The molecule has 0 saturated carbocycles. The number of anilines is 2. The molecule has 1 amide bonds. The number of aromatic nitrogens is 3. The molecule has 3 N–H and O–H groups in total. The zero-order chi connectivity index (χ0) is 13.1. The topological polar surface area (TPSA) is 85.8 Å². The van der Waals surface area contributed by atoms with Crippen LogP contribution in [0, 0.1) is 6.92 Å². The first kappa shape index (κ1) is 12.6. The van der Waals surface area contributed by atoms with Gasteiger partial charge in [-0.1, -0.05) is 6.07 Å². The van der Waals surface area contributed by atoms with E-state index in [1.165, 1.54) is 11.0 Å². The summed E-state index contributed by atoms with van der Waals surface area (Å²) in [5.41, 5.74) is 7.17. The normalized spacial score (nSPS) is 10.3. The summed E-state index contributed by atoms with van der Waals surface area (Å²) in [7, 11) is 0. The van der Waals surface area contributed by atoms with E-state index in [4.69, 9.17) is 5.73 Å². The molecule has 0 aliphatic carbocycles. The van der Waals surface area contributed by atoms with Gasteiger partial charge in [0.15, 0.2) is 0 Å². The van der Waals surface area contributed by atoms with Crippen LogP contribution >= 0.6 is 15.9 Å². The molecule has 2 aromatic rings. The summed E-state index contributed by atoms with van der Waals surface area (Å²) in [4.78, 5) is 15.5. The summed E-state index contributed by atoms with van der Waals surface area (Å²) in [6.45, 7) is 2.03. The van der Waals surface area contributed by atoms with Crippen molar-refractivity contribution in [1.29, 1.82) is 0 Å². The Hall–Kier alpha value is -1.89. The van der Waals surface area contributed by atoms with Crippen molar-refractivity contribution in [1.82, 2.24) is 14.8 Å². The molecule has 0 aliphatic heterocycles. The van der Waals surface area contributed by atoms with Gasteiger partial charge in [0.2, 0.25) is 11.9 Å². The Kier molecular flexibility index (Phi) is 3.61. The minimum absolute atomic E-state index is 0.0740. The molecule has 6 nitrogen and oxygen atoms in total. The number of benzene rings is 1. The number of nitrogens with two attached hydrogens (primary N) is 1. The smallest absolute Gasteiger partial charge is 0.246 e. The molecule has 94 valence electrons. The van der Waals surface area contributed by atoms with Gasteiger partial charge >= 0.3 is 0 Å². The highest BCUT2D eigenvalue weighted by Gasteiger charge is 2.07. The fraction of sp³-hybridized carbons (Fsp3) is 0.182. The molecule has 2 rings (SSSR count). The molecule has 0 atom stereocenters. The predicted octanol–water partition coefficient (Wildman–Crippen LogP) is 1.57. The number of hydrogen-bond acceptors (Lipinski definition) is 4. The van der Waals surface area contributed by atoms with Crippen molar-refractivity contribution in [3.63, 3.8) is 0 Å². The quantitative estimate of drug-likeness (QED) is 0.901. The van der Waals surface area contributed by atoms with E-state index in [1.54, 1.807) is 0 Å². The Labute approximate surface area is 112 Å². The number of nitrogen functional groups attached to an aromatic ring is 1. The summed E-state index contributed by atoms with van der Waals surface area (Å²) in [5, 5.41) is 6.64. The average molecular weight is 310 g/mol. The summed E-state index contributed by atoms with van der Waals surface area (Å²) < 4.78 is 2.22. The van der Waals surface area contributed by atoms with Gasteiger partial charge in [0, 0.05) is 4.47 Å². The second kappa shape index (κ2) is 5.18. The van der Waals surface area contributed by atoms with E-state index in [0.717, 1.165) is 15.7 Å². The lowest BCUT2D eigenvalue weighted by atomic mass is 10.2. The van der Waals surface area contributed by atoms with Crippen molar-refractivity contribution in [3.8, 4) is 0 Å². The number of aryl methyl sites for hydroxylation is 1. The summed E-state index contributed by atoms with van der Waals surface area (Å²) in [5.74, 6) is -0.0364. The molecule has 0 bridgehead atoms. The number of carbonyl (C=O) groups is 1. The molecule has 1 aromatic carbocycles. The Morgan fingerprint density at radius 2 is 2.33 bits per heavy atom. The fourth-order valence-corrected chi connectivity index (χ4v) is 1.80. The van der Waals surface area contributed by atoms with Crippen molar-refractivity contribution in [2.75, 3.05) is 11.1 Å². The van der Waals surface area contributed by atoms with E-state index in [0.29, 0.717) is 0 Å². The summed E-state index contributed by atoms with van der Waals surface area (Å²) in [6, 6.07) is 5.73. The Morgan fingerprint density at radius 1 is 1.56 bits per heavy atom. The SMILES string of the molecule is Cc1ccc(Br)c(NC(=O)Cn2cnc(N)n2)c1. The maximum Gasteiger partial charge on any atom is 0.246 e. The molecule has 1 aromatic heterocycles. The van der Waals surface area contributed by atoms with Crippen LogP contribution in [0.5, 0.6) is 0 Å². The van der Waals surface area contributed by atoms with E-state index in [1.807, 2.05) is 25.1 Å². The highest BCUT2D eigenvalue weighted by atomic mass is 79.9.